The SMILES string of the molecule is CC1CCN(c2ccccc2C#N)C(CO)C(=O)N1. The molecule has 19 heavy (non-hydrogen) atoms. The highest BCUT2D eigenvalue weighted by molar-refractivity contribution is 5.86. The van der Waals surface area contributed by atoms with Crippen molar-refractivity contribution in [3.8, 4) is 6.07 Å². The normalized spacial score (nSPS) is 23.4. The molecule has 1 aliphatic heterocycles. The fourth-order valence-corrected chi connectivity index (χ4v) is 2.33. The second-order valence-electron chi connectivity index (χ2n) is 4.72. The topological polar surface area (TPSA) is 76.4 Å². The summed E-state index contributed by atoms with van der Waals surface area (Å²) in [6.45, 7) is 2.30. The molecule has 0 aliphatic carbocycles. The molecule has 2 unspecified atom stereocenters. The summed E-state index contributed by atoms with van der Waals surface area (Å²) in [5.41, 5.74) is 1.22. The predicted molar refractivity (Wildman–Crippen MR) is 71.6 cm³/mol. The van der Waals surface area contributed by atoms with E-state index in [-0.39, 0.29) is 18.6 Å². The maximum Gasteiger partial charge on any atom is 0.245 e. The number of amides is 1. The van der Waals surface area contributed by atoms with E-state index in [2.05, 4.69) is 11.4 Å². The van der Waals surface area contributed by atoms with Gasteiger partial charge in [0.1, 0.15) is 12.1 Å². The first-order valence-corrected chi connectivity index (χ1v) is 6.34. The summed E-state index contributed by atoms with van der Waals surface area (Å²) in [5.74, 6) is -0.194. The van der Waals surface area contributed by atoms with Crippen LogP contribution in [0.1, 0.15) is 18.9 Å². The van der Waals surface area contributed by atoms with Crippen LogP contribution in [0, 0.1) is 11.3 Å². The number of nitrogens with zero attached hydrogens (tertiary/aromatic N) is 2. The highest BCUT2D eigenvalue weighted by Gasteiger charge is 2.30. The van der Waals surface area contributed by atoms with Gasteiger partial charge < -0.3 is 15.3 Å². The average molecular weight is 259 g/mol. The van der Waals surface area contributed by atoms with Crippen molar-refractivity contribution in [2.45, 2.75) is 25.4 Å². The minimum Gasteiger partial charge on any atom is -0.394 e. The second kappa shape index (κ2) is 5.72. The third-order valence-electron chi connectivity index (χ3n) is 3.38. The van der Waals surface area contributed by atoms with E-state index in [1.54, 1.807) is 12.1 Å². The lowest BCUT2D eigenvalue weighted by atomic mass is 10.1. The van der Waals surface area contributed by atoms with Crippen molar-refractivity contribution in [2.75, 3.05) is 18.1 Å². The van der Waals surface area contributed by atoms with Crippen LogP contribution in [-0.4, -0.2) is 36.2 Å². The van der Waals surface area contributed by atoms with Gasteiger partial charge in [-0.25, -0.2) is 0 Å². The summed E-state index contributed by atoms with van der Waals surface area (Å²) in [6, 6.07) is 8.71. The Bertz CT molecular complexity index is 510. The number of aliphatic hydroxyl groups is 1. The van der Waals surface area contributed by atoms with Gasteiger partial charge >= 0.3 is 0 Å². The van der Waals surface area contributed by atoms with Crippen molar-refractivity contribution in [3.63, 3.8) is 0 Å². The van der Waals surface area contributed by atoms with Crippen molar-refractivity contribution >= 4 is 11.6 Å². The van der Waals surface area contributed by atoms with Crippen molar-refractivity contribution in [3.05, 3.63) is 29.8 Å². The Labute approximate surface area is 112 Å². The number of aliphatic hydroxyl groups excluding tert-OH is 1. The van der Waals surface area contributed by atoms with Gasteiger partial charge in [-0.2, -0.15) is 5.26 Å². The van der Waals surface area contributed by atoms with Gasteiger partial charge in [0.2, 0.25) is 5.91 Å². The number of nitrogens with one attached hydrogen (secondary N) is 1. The van der Waals surface area contributed by atoms with Crippen molar-refractivity contribution in [1.82, 2.24) is 5.32 Å². The number of hydrogen-bond acceptors (Lipinski definition) is 4. The van der Waals surface area contributed by atoms with E-state index in [0.717, 1.165) is 6.42 Å². The first-order valence-electron chi connectivity index (χ1n) is 6.34. The second-order valence-corrected chi connectivity index (χ2v) is 4.72. The molecule has 0 radical (unpaired) electrons. The summed E-state index contributed by atoms with van der Waals surface area (Å²) < 4.78 is 0. The Hall–Kier alpha value is -2.06. The molecule has 0 saturated carbocycles. The average Bonchev–Trinajstić information content (AvgIpc) is 2.56. The molecular formula is C14H17N3O2. The number of rotatable bonds is 2. The molecule has 100 valence electrons. The Morgan fingerprint density at radius 2 is 2.26 bits per heavy atom. The molecule has 2 rings (SSSR count). The number of anilines is 1. The zero-order valence-electron chi connectivity index (χ0n) is 10.8. The third kappa shape index (κ3) is 2.69. The number of para-hydroxylation sites is 1. The molecule has 1 heterocycles. The molecule has 2 atom stereocenters. The lowest BCUT2D eigenvalue weighted by molar-refractivity contribution is -0.123. The van der Waals surface area contributed by atoms with Crippen LogP contribution in [-0.2, 0) is 4.79 Å². The number of carbonyl (C=O) groups excluding carboxylic acids is 1. The van der Waals surface area contributed by atoms with Crippen LogP contribution in [0.25, 0.3) is 0 Å². The highest BCUT2D eigenvalue weighted by Crippen LogP contribution is 2.24. The monoisotopic (exact) mass is 259 g/mol. The van der Waals surface area contributed by atoms with Crippen molar-refractivity contribution in [1.29, 1.82) is 5.26 Å². The Kier molecular flexibility index (Phi) is 4.03. The van der Waals surface area contributed by atoms with Gasteiger partial charge in [0, 0.05) is 12.6 Å². The van der Waals surface area contributed by atoms with Crippen LogP contribution < -0.4 is 10.2 Å². The molecule has 1 saturated heterocycles. The Morgan fingerprint density at radius 1 is 1.53 bits per heavy atom. The van der Waals surface area contributed by atoms with Gasteiger partial charge in [-0.3, -0.25) is 4.79 Å². The molecule has 1 aromatic rings. The van der Waals surface area contributed by atoms with Crippen LogP contribution >= 0.6 is 0 Å². The summed E-state index contributed by atoms with van der Waals surface area (Å²) >= 11 is 0. The van der Waals surface area contributed by atoms with Gasteiger partial charge in [0.05, 0.1) is 17.9 Å². The molecule has 0 aromatic heterocycles. The maximum atomic E-state index is 12.0. The summed E-state index contributed by atoms with van der Waals surface area (Å²) in [7, 11) is 0. The maximum absolute atomic E-state index is 12.0. The lowest BCUT2D eigenvalue weighted by Gasteiger charge is -2.29. The van der Waals surface area contributed by atoms with Crippen LogP contribution in [0.5, 0.6) is 0 Å². The Balaban J connectivity index is 2.40. The molecule has 1 amide bonds. The zero-order chi connectivity index (χ0) is 13.8. The predicted octanol–water partition coefficient (Wildman–Crippen LogP) is 0.634. The molecular weight excluding hydrogens is 242 g/mol. The van der Waals surface area contributed by atoms with E-state index in [1.807, 2.05) is 24.0 Å². The molecule has 1 aromatic carbocycles. The van der Waals surface area contributed by atoms with Gasteiger partial charge in [0.15, 0.2) is 0 Å². The summed E-state index contributed by atoms with van der Waals surface area (Å²) in [5, 5.41) is 21.5. The zero-order valence-corrected chi connectivity index (χ0v) is 10.8. The largest absolute Gasteiger partial charge is 0.394 e. The highest BCUT2D eigenvalue weighted by atomic mass is 16.3. The van der Waals surface area contributed by atoms with Gasteiger partial charge in [-0.15, -0.1) is 0 Å². The molecule has 0 spiro atoms. The molecule has 5 heteroatoms. The number of nitriles is 1. The molecule has 1 fully saturated rings. The molecule has 2 N–H and O–H groups in total. The van der Waals surface area contributed by atoms with Gasteiger partial charge in [0.25, 0.3) is 0 Å². The van der Waals surface area contributed by atoms with E-state index in [1.165, 1.54) is 0 Å². The number of hydrogen-bond donors (Lipinski definition) is 2. The van der Waals surface area contributed by atoms with Crippen LogP contribution in [0.15, 0.2) is 24.3 Å². The Morgan fingerprint density at radius 3 is 2.95 bits per heavy atom. The van der Waals surface area contributed by atoms with E-state index in [4.69, 9.17) is 5.26 Å². The minimum atomic E-state index is -0.639. The molecule has 5 nitrogen and oxygen atoms in total. The van der Waals surface area contributed by atoms with Gasteiger partial charge in [-0.05, 0) is 25.5 Å². The minimum absolute atomic E-state index is 0.0702. The molecule has 0 bridgehead atoms. The quantitative estimate of drug-likeness (QED) is 0.817. The summed E-state index contributed by atoms with van der Waals surface area (Å²) in [6.07, 6.45) is 0.780. The van der Waals surface area contributed by atoms with Crippen molar-refractivity contribution < 1.29 is 9.90 Å². The smallest absolute Gasteiger partial charge is 0.245 e. The van der Waals surface area contributed by atoms with Gasteiger partial charge in [-0.1, -0.05) is 12.1 Å². The van der Waals surface area contributed by atoms with E-state index in [9.17, 15) is 9.90 Å². The number of benzene rings is 1. The lowest BCUT2D eigenvalue weighted by Crippen LogP contribution is -2.47. The standard InChI is InChI=1S/C14H17N3O2/c1-10-6-7-17(13(9-18)14(19)16-10)12-5-3-2-4-11(12)8-15/h2-5,10,13,18H,6-7,9H2,1H3,(H,16,19). The number of carbonyl (C=O) groups is 1. The van der Waals surface area contributed by atoms with E-state index in [0.29, 0.717) is 17.8 Å². The van der Waals surface area contributed by atoms with E-state index < -0.39 is 6.04 Å². The first kappa shape index (κ1) is 13.4. The fourth-order valence-electron chi connectivity index (χ4n) is 2.33. The van der Waals surface area contributed by atoms with Crippen molar-refractivity contribution in [2.24, 2.45) is 0 Å². The van der Waals surface area contributed by atoms with Crippen LogP contribution in [0.2, 0.25) is 0 Å². The molecule has 1 aliphatic rings. The fraction of sp³-hybridized carbons (Fsp3) is 0.429. The summed E-state index contributed by atoms with van der Waals surface area (Å²) in [4.78, 5) is 13.9. The van der Waals surface area contributed by atoms with E-state index >= 15 is 0 Å². The first-order chi connectivity index (χ1) is 9.17. The van der Waals surface area contributed by atoms with Crippen LogP contribution in [0.3, 0.4) is 0 Å². The third-order valence-corrected chi connectivity index (χ3v) is 3.38. The van der Waals surface area contributed by atoms with Crippen LogP contribution in [0.4, 0.5) is 5.69 Å².